The van der Waals surface area contributed by atoms with Gasteiger partial charge in [-0.05, 0) is 36.4 Å². The summed E-state index contributed by atoms with van der Waals surface area (Å²) in [5.41, 5.74) is 5.75. The summed E-state index contributed by atoms with van der Waals surface area (Å²) in [6, 6.07) is 0. The van der Waals surface area contributed by atoms with Gasteiger partial charge in [-0.25, -0.2) is 4.79 Å². The van der Waals surface area contributed by atoms with Gasteiger partial charge in [0.15, 0.2) is 0 Å². The lowest BCUT2D eigenvalue weighted by atomic mass is 10.0. The second-order valence-electron chi connectivity index (χ2n) is 7.16. The summed E-state index contributed by atoms with van der Waals surface area (Å²) in [4.78, 5) is 11.4. The minimum Gasteiger partial charge on any atom is -0.463 e. The van der Waals surface area contributed by atoms with Crippen molar-refractivity contribution < 1.29 is 9.53 Å². The van der Waals surface area contributed by atoms with Gasteiger partial charge in [0.1, 0.15) is 8.07 Å². The number of carbonyl (C=O) groups excluding carboxylic acids is 1. The van der Waals surface area contributed by atoms with Crippen LogP contribution in [0.2, 0.25) is 16.6 Å². The first-order valence-electron chi connectivity index (χ1n) is 9.08. The maximum absolute atomic E-state index is 11.4. The first-order chi connectivity index (χ1) is 10.7. The van der Waals surface area contributed by atoms with Gasteiger partial charge >= 0.3 is 5.97 Å². The Morgan fingerprint density at radius 1 is 1.04 bits per heavy atom. The molecule has 0 amide bonds. The lowest BCUT2D eigenvalue weighted by Gasteiger charge is -2.38. The van der Waals surface area contributed by atoms with Gasteiger partial charge in [-0.15, -0.1) is 11.5 Å². The van der Waals surface area contributed by atoms with E-state index in [0.717, 1.165) is 12.8 Å². The van der Waals surface area contributed by atoms with Gasteiger partial charge in [0.25, 0.3) is 0 Å². The molecule has 0 rings (SSSR count). The number of esters is 1. The van der Waals surface area contributed by atoms with Crippen LogP contribution in [0.1, 0.15) is 68.2 Å². The molecule has 0 heterocycles. The Morgan fingerprint density at radius 2 is 1.57 bits per heavy atom. The molecule has 0 aromatic rings. The quantitative estimate of drug-likeness (QED) is 0.244. The molecular weight excluding hydrogens is 300 g/mol. The van der Waals surface area contributed by atoms with Gasteiger partial charge in [-0.2, -0.15) is 0 Å². The minimum atomic E-state index is -1.66. The molecule has 23 heavy (non-hydrogen) atoms. The maximum Gasteiger partial charge on any atom is 0.330 e. The average Bonchev–Trinajstić information content (AvgIpc) is 2.45. The summed E-state index contributed by atoms with van der Waals surface area (Å²) in [5.74, 6) is 3.63. The van der Waals surface area contributed by atoms with E-state index >= 15 is 0 Å². The highest BCUT2D eigenvalue weighted by molar-refractivity contribution is 6.90. The predicted octanol–water partition coefficient (Wildman–Crippen LogP) is 5.74. The molecule has 0 spiro atoms. The lowest BCUT2D eigenvalue weighted by Crippen LogP contribution is -2.43. The van der Waals surface area contributed by atoms with E-state index in [1.807, 2.05) is 13.0 Å². The molecule has 0 aliphatic heterocycles. The van der Waals surface area contributed by atoms with E-state index < -0.39 is 8.07 Å². The molecule has 0 N–H and O–H groups in total. The summed E-state index contributed by atoms with van der Waals surface area (Å²) in [6.45, 7) is 18.4. The van der Waals surface area contributed by atoms with E-state index in [1.165, 1.54) is 6.08 Å². The van der Waals surface area contributed by atoms with Gasteiger partial charge in [-0.1, -0.05) is 54.5 Å². The van der Waals surface area contributed by atoms with E-state index in [9.17, 15) is 4.79 Å². The normalized spacial score (nSPS) is 13.5. The van der Waals surface area contributed by atoms with Crippen LogP contribution >= 0.6 is 0 Å². The Kier molecular flexibility index (Phi) is 10.2. The SMILES string of the molecule is CCOC(=O)/C=C/C[C@@H](C#C[Si](C(C)C)(C(C)C)C(C)C)CC. The standard InChI is InChI=1S/C20H36O2Si/c1-9-19(12-11-13-20(21)22-10-2)14-15-23(16(3)4,17(5)6)18(7)8/h11,13,16-19H,9-10,12H2,1-8H3/b13-11+/t19-/m0/s1. The van der Waals surface area contributed by atoms with Crippen molar-refractivity contribution in [3.05, 3.63) is 12.2 Å². The zero-order chi connectivity index (χ0) is 18.0. The molecule has 1 atom stereocenters. The third-order valence-corrected chi connectivity index (χ3v) is 11.1. The van der Waals surface area contributed by atoms with Crippen molar-refractivity contribution in [3.63, 3.8) is 0 Å². The number of hydrogen-bond acceptors (Lipinski definition) is 2. The fourth-order valence-corrected chi connectivity index (χ4v) is 8.83. The molecule has 0 saturated carbocycles. The molecule has 2 nitrogen and oxygen atoms in total. The number of rotatable bonds is 8. The molecule has 132 valence electrons. The number of ether oxygens (including phenoxy) is 1. The molecule has 0 radical (unpaired) electrons. The summed E-state index contributed by atoms with van der Waals surface area (Å²) in [6.07, 6.45) is 5.27. The highest BCUT2D eigenvalue weighted by Crippen LogP contribution is 2.40. The van der Waals surface area contributed by atoms with Crippen molar-refractivity contribution in [2.45, 2.75) is 84.9 Å². The first-order valence-corrected chi connectivity index (χ1v) is 11.3. The number of allylic oxidation sites excluding steroid dienone is 1. The first kappa shape index (κ1) is 22.0. The molecule has 0 aromatic heterocycles. The van der Waals surface area contributed by atoms with Crippen LogP contribution in [0.15, 0.2) is 12.2 Å². The van der Waals surface area contributed by atoms with E-state index in [2.05, 4.69) is 59.9 Å². The van der Waals surface area contributed by atoms with E-state index in [1.54, 1.807) is 0 Å². The summed E-state index contributed by atoms with van der Waals surface area (Å²) in [7, 11) is -1.66. The molecule has 3 heteroatoms. The molecule has 0 aromatic carbocycles. The second kappa shape index (κ2) is 10.7. The predicted molar refractivity (Wildman–Crippen MR) is 103 cm³/mol. The van der Waals surface area contributed by atoms with Crippen molar-refractivity contribution in [1.29, 1.82) is 0 Å². The Hall–Kier alpha value is -1.01. The lowest BCUT2D eigenvalue weighted by molar-refractivity contribution is -0.137. The molecule has 0 fully saturated rings. The Balaban J connectivity index is 5.16. The van der Waals surface area contributed by atoms with Gasteiger partial charge in [0.05, 0.1) is 6.61 Å². The largest absolute Gasteiger partial charge is 0.463 e. The maximum atomic E-state index is 11.4. The zero-order valence-electron chi connectivity index (χ0n) is 16.4. The van der Waals surface area contributed by atoms with Crippen LogP contribution in [-0.2, 0) is 9.53 Å². The van der Waals surface area contributed by atoms with Crippen molar-refractivity contribution in [3.8, 4) is 11.5 Å². The zero-order valence-corrected chi connectivity index (χ0v) is 17.4. The van der Waals surface area contributed by atoms with Crippen LogP contribution in [0.25, 0.3) is 0 Å². The Bertz CT molecular complexity index is 417. The molecule has 0 aliphatic rings. The summed E-state index contributed by atoms with van der Waals surface area (Å²) >= 11 is 0. The minimum absolute atomic E-state index is 0.259. The van der Waals surface area contributed by atoms with E-state index in [-0.39, 0.29) is 5.97 Å². The fraction of sp³-hybridized carbons (Fsp3) is 0.750. The topological polar surface area (TPSA) is 26.3 Å². The third-order valence-electron chi connectivity index (χ3n) is 4.81. The van der Waals surface area contributed by atoms with Crippen LogP contribution in [0.4, 0.5) is 0 Å². The summed E-state index contributed by atoms with van der Waals surface area (Å²) < 4.78 is 4.91. The summed E-state index contributed by atoms with van der Waals surface area (Å²) in [5, 5.41) is 0. The van der Waals surface area contributed by atoms with Crippen LogP contribution in [0.5, 0.6) is 0 Å². The smallest absolute Gasteiger partial charge is 0.330 e. The van der Waals surface area contributed by atoms with E-state index in [0.29, 0.717) is 29.1 Å². The molecular formula is C20H36O2Si. The van der Waals surface area contributed by atoms with E-state index in [4.69, 9.17) is 4.74 Å². The Labute approximate surface area is 145 Å². The number of carbonyl (C=O) groups is 1. The van der Waals surface area contributed by atoms with Crippen molar-refractivity contribution in [2.75, 3.05) is 6.61 Å². The third kappa shape index (κ3) is 6.55. The van der Waals surface area contributed by atoms with Crippen LogP contribution in [-0.4, -0.2) is 20.7 Å². The van der Waals surface area contributed by atoms with Crippen molar-refractivity contribution >= 4 is 14.0 Å². The molecule has 0 unspecified atom stereocenters. The highest BCUT2D eigenvalue weighted by atomic mass is 28.3. The monoisotopic (exact) mass is 336 g/mol. The van der Waals surface area contributed by atoms with Gasteiger partial charge < -0.3 is 4.74 Å². The van der Waals surface area contributed by atoms with Gasteiger partial charge in [-0.3, -0.25) is 0 Å². The van der Waals surface area contributed by atoms with Gasteiger partial charge in [0.2, 0.25) is 0 Å². The number of hydrogen-bond donors (Lipinski definition) is 0. The van der Waals surface area contributed by atoms with Crippen molar-refractivity contribution in [2.24, 2.45) is 5.92 Å². The molecule has 0 bridgehead atoms. The highest BCUT2D eigenvalue weighted by Gasteiger charge is 2.41. The second-order valence-corrected chi connectivity index (χ2v) is 12.7. The van der Waals surface area contributed by atoms with Crippen LogP contribution < -0.4 is 0 Å². The Morgan fingerprint density at radius 3 is 1.96 bits per heavy atom. The fourth-order valence-electron chi connectivity index (χ4n) is 3.51. The molecule has 0 aliphatic carbocycles. The van der Waals surface area contributed by atoms with Gasteiger partial charge in [0, 0.05) is 12.0 Å². The van der Waals surface area contributed by atoms with Crippen LogP contribution in [0.3, 0.4) is 0 Å². The average molecular weight is 337 g/mol. The van der Waals surface area contributed by atoms with Crippen molar-refractivity contribution in [1.82, 2.24) is 0 Å². The van der Waals surface area contributed by atoms with Crippen LogP contribution in [0, 0.1) is 17.4 Å². The molecule has 0 saturated heterocycles.